The number of aliphatic hydroxyl groups is 1. The van der Waals surface area contributed by atoms with E-state index in [1.54, 1.807) is 47.1 Å². The molecule has 0 radical (unpaired) electrons. The minimum atomic E-state index is -1.14. The zero-order valence-electron chi connectivity index (χ0n) is 29.3. The molecule has 266 valence electrons. The van der Waals surface area contributed by atoms with Gasteiger partial charge in [-0.15, -0.1) is 11.3 Å². The van der Waals surface area contributed by atoms with E-state index in [2.05, 4.69) is 20.5 Å². The van der Waals surface area contributed by atoms with Gasteiger partial charge in [0.05, 0.1) is 28.8 Å². The first-order chi connectivity index (χ1) is 22.9. The third-order valence-electron chi connectivity index (χ3n) is 8.27. The van der Waals surface area contributed by atoms with E-state index in [0.717, 1.165) is 16.1 Å². The maximum Gasteiger partial charge on any atom is 0.332 e. The largest absolute Gasteiger partial charge is 0.491 e. The molecule has 3 amide bonds. The zero-order valence-corrected chi connectivity index (χ0v) is 30.1. The van der Waals surface area contributed by atoms with E-state index in [1.807, 2.05) is 25.1 Å². The summed E-state index contributed by atoms with van der Waals surface area (Å²) in [6.07, 6.45) is -0.000934. The van der Waals surface area contributed by atoms with Gasteiger partial charge in [-0.05, 0) is 44.7 Å². The van der Waals surface area contributed by atoms with Crippen LogP contribution in [0.1, 0.15) is 72.1 Å². The van der Waals surface area contributed by atoms with Crippen LogP contribution in [-0.4, -0.2) is 94.4 Å². The molecule has 2 fully saturated rings. The molecule has 1 saturated carbocycles. The first-order valence-electron chi connectivity index (χ1n) is 16.4. The number of carbonyl (C=O) groups is 4. The van der Waals surface area contributed by atoms with Gasteiger partial charge in [0.1, 0.15) is 36.6 Å². The number of nitrogens with one attached hydrogen (secondary N) is 2. The van der Waals surface area contributed by atoms with E-state index in [0.29, 0.717) is 24.2 Å². The van der Waals surface area contributed by atoms with Gasteiger partial charge in [-0.25, -0.2) is 16.4 Å². The Morgan fingerprint density at radius 3 is 2.47 bits per heavy atom. The molecule has 1 aliphatic heterocycles. The van der Waals surface area contributed by atoms with Gasteiger partial charge >= 0.3 is 17.4 Å². The fourth-order valence-electron chi connectivity index (χ4n) is 5.49. The quantitative estimate of drug-likeness (QED) is 0.162. The van der Waals surface area contributed by atoms with E-state index in [1.165, 1.54) is 16.2 Å². The number of thiazole rings is 1. The molecule has 1 aromatic carbocycles. The van der Waals surface area contributed by atoms with Crippen LogP contribution in [0.4, 0.5) is 0 Å². The van der Waals surface area contributed by atoms with Gasteiger partial charge in [-0.2, -0.15) is 0 Å². The van der Waals surface area contributed by atoms with E-state index >= 15 is 0 Å². The highest BCUT2D eigenvalue weighted by atomic mass is 32.1. The SMILES string of the molecule is [C-]#[N+]C1(C(=O)N[C@H](C(=O)N2C[C@H](O)C[C@H]2C(=O)NCc2ccc(-c3scnc3C)cc2OCCOCC(=O)OC(C)(C)C)C(C)(C)C)CC1. The van der Waals surface area contributed by atoms with Crippen molar-refractivity contribution in [1.29, 1.82) is 0 Å². The lowest BCUT2D eigenvalue weighted by atomic mass is 9.85. The highest BCUT2D eigenvalue weighted by Crippen LogP contribution is 2.40. The molecular weight excluding hydrogens is 650 g/mol. The highest BCUT2D eigenvalue weighted by Gasteiger charge is 2.59. The Balaban J connectivity index is 1.45. The van der Waals surface area contributed by atoms with Crippen LogP contribution in [0.2, 0.25) is 0 Å². The highest BCUT2D eigenvalue weighted by molar-refractivity contribution is 7.13. The number of esters is 1. The molecule has 3 N–H and O–H groups in total. The molecule has 13 nitrogen and oxygen atoms in total. The summed E-state index contributed by atoms with van der Waals surface area (Å²) in [6.45, 7) is 20.1. The molecule has 2 heterocycles. The van der Waals surface area contributed by atoms with Crippen LogP contribution in [0.25, 0.3) is 15.3 Å². The number of rotatable bonds is 13. The smallest absolute Gasteiger partial charge is 0.332 e. The Hall–Kier alpha value is -4.06. The third-order valence-corrected chi connectivity index (χ3v) is 9.24. The molecule has 0 spiro atoms. The van der Waals surface area contributed by atoms with Gasteiger partial charge in [0, 0.05) is 37.9 Å². The molecule has 2 aromatic rings. The predicted molar refractivity (Wildman–Crippen MR) is 182 cm³/mol. The Morgan fingerprint density at radius 1 is 1.16 bits per heavy atom. The number of nitrogens with zero attached hydrogens (tertiary/aromatic N) is 3. The predicted octanol–water partition coefficient (Wildman–Crippen LogP) is 3.42. The number of β-amino-alcohol motifs (C(OH)–C–C–N with tert-alkyl or cyclic N) is 1. The lowest BCUT2D eigenvalue weighted by Crippen LogP contribution is -2.59. The fourth-order valence-corrected chi connectivity index (χ4v) is 6.29. The van der Waals surface area contributed by atoms with Gasteiger partial charge in [0.25, 0.3) is 0 Å². The molecule has 14 heteroatoms. The summed E-state index contributed by atoms with van der Waals surface area (Å²) in [6, 6.07) is 3.64. The van der Waals surface area contributed by atoms with Crippen LogP contribution < -0.4 is 15.4 Å². The number of carbonyl (C=O) groups excluding carboxylic acids is 4. The topological polar surface area (TPSA) is 161 Å². The molecule has 1 aromatic heterocycles. The summed E-state index contributed by atoms with van der Waals surface area (Å²) in [7, 11) is 0. The van der Waals surface area contributed by atoms with Crippen molar-refractivity contribution >= 4 is 35.0 Å². The number of benzene rings is 1. The number of aryl methyl sites for hydroxylation is 1. The maximum atomic E-state index is 13.9. The molecule has 0 unspecified atom stereocenters. The Kier molecular flexibility index (Phi) is 11.7. The van der Waals surface area contributed by atoms with Gasteiger partial charge in [0.2, 0.25) is 11.8 Å². The molecular formula is C35H47N5O8S. The maximum absolute atomic E-state index is 13.9. The van der Waals surface area contributed by atoms with Crippen molar-refractivity contribution in [1.82, 2.24) is 20.5 Å². The summed E-state index contributed by atoms with van der Waals surface area (Å²) < 4.78 is 16.8. The molecule has 2 aliphatic rings. The number of amides is 3. The number of hydrogen-bond acceptors (Lipinski definition) is 10. The van der Waals surface area contributed by atoms with E-state index in [9.17, 15) is 24.3 Å². The average Bonchev–Trinajstić information content (AvgIpc) is 3.55. The molecule has 1 saturated heterocycles. The summed E-state index contributed by atoms with van der Waals surface area (Å²) in [5.74, 6) is -1.42. The summed E-state index contributed by atoms with van der Waals surface area (Å²) >= 11 is 1.49. The van der Waals surface area contributed by atoms with Crippen molar-refractivity contribution in [3.05, 3.63) is 46.4 Å². The second kappa shape index (κ2) is 15.2. The van der Waals surface area contributed by atoms with Crippen LogP contribution in [0.3, 0.4) is 0 Å². The Bertz CT molecular complexity index is 1580. The number of aromatic nitrogens is 1. The summed E-state index contributed by atoms with van der Waals surface area (Å²) in [5.41, 5.74) is 1.71. The van der Waals surface area contributed by atoms with Crippen LogP contribution in [-0.2, 0) is 35.2 Å². The lowest BCUT2D eigenvalue weighted by Gasteiger charge is -2.35. The van der Waals surface area contributed by atoms with Crippen molar-refractivity contribution in [3.63, 3.8) is 0 Å². The Labute approximate surface area is 291 Å². The molecule has 1 aliphatic carbocycles. The van der Waals surface area contributed by atoms with Gasteiger partial charge in [0.15, 0.2) is 0 Å². The minimum Gasteiger partial charge on any atom is -0.491 e. The number of aliphatic hydroxyl groups excluding tert-OH is 1. The first kappa shape index (κ1) is 37.8. The number of ether oxygens (including phenoxy) is 3. The Morgan fingerprint density at radius 2 is 1.88 bits per heavy atom. The van der Waals surface area contributed by atoms with Crippen molar-refractivity contribution in [2.45, 2.75) is 104 Å². The van der Waals surface area contributed by atoms with Gasteiger partial charge in [-0.3, -0.25) is 19.2 Å². The second-order valence-corrected chi connectivity index (χ2v) is 15.5. The minimum absolute atomic E-state index is 0.0380. The summed E-state index contributed by atoms with van der Waals surface area (Å²) in [4.78, 5) is 62.5. The first-order valence-corrected chi connectivity index (χ1v) is 17.2. The zero-order chi connectivity index (χ0) is 36.1. The van der Waals surface area contributed by atoms with Crippen LogP contribution >= 0.6 is 11.3 Å². The number of likely N-dealkylation sites (tertiary alicyclic amines) is 1. The van der Waals surface area contributed by atoms with Gasteiger partial charge < -0.3 is 34.9 Å². The van der Waals surface area contributed by atoms with Crippen LogP contribution in [0, 0.1) is 18.9 Å². The molecule has 4 rings (SSSR count). The van der Waals surface area contributed by atoms with Gasteiger partial charge in [-0.1, -0.05) is 32.9 Å². The normalized spacial score (nSPS) is 19.0. The van der Waals surface area contributed by atoms with Crippen LogP contribution in [0.15, 0.2) is 23.7 Å². The molecule has 0 bridgehead atoms. The van der Waals surface area contributed by atoms with Crippen molar-refractivity contribution in [2.24, 2.45) is 5.41 Å². The van der Waals surface area contributed by atoms with E-state index < -0.39 is 58.4 Å². The average molecular weight is 698 g/mol. The van der Waals surface area contributed by atoms with Crippen molar-refractivity contribution < 1.29 is 38.5 Å². The van der Waals surface area contributed by atoms with Crippen molar-refractivity contribution in [2.75, 3.05) is 26.4 Å². The molecule has 49 heavy (non-hydrogen) atoms. The number of hydrogen-bond donors (Lipinski definition) is 3. The third kappa shape index (κ3) is 9.77. The molecule has 3 atom stereocenters. The van der Waals surface area contributed by atoms with E-state index in [-0.39, 0.29) is 39.3 Å². The van der Waals surface area contributed by atoms with Crippen molar-refractivity contribution in [3.8, 4) is 16.2 Å². The lowest BCUT2D eigenvalue weighted by molar-refractivity contribution is -0.160. The van der Waals surface area contributed by atoms with E-state index in [4.69, 9.17) is 20.8 Å². The summed E-state index contributed by atoms with van der Waals surface area (Å²) in [5, 5.41) is 16.2. The van der Waals surface area contributed by atoms with Crippen LogP contribution in [0.5, 0.6) is 5.75 Å². The standard InChI is InChI=1S/C35H47N5O8S/c1-21-28(49-20-38-21)22-9-10-23(26(15-22)47-14-13-46-19-27(42)48-34(5,6)7)17-37-30(43)25-16-24(41)18-40(25)31(44)29(33(2,3)4)39-32(45)35(36-8)11-12-35/h9-10,15,20,24-25,29,41H,11-14,16-19H2,1-7H3,(H,37,43)(H,39,45)/t24-,25+,29-/m1/s1. The fraction of sp³-hybridized carbons (Fsp3) is 0.600. The second-order valence-electron chi connectivity index (χ2n) is 14.6. The monoisotopic (exact) mass is 697 g/mol.